The highest BCUT2D eigenvalue weighted by Crippen LogP contribution is 2.25. The molecule has 0 bridgehead atoms. The Bertz CT molecular complexity index is 613. The van der Waals surface area contributed by atoms with E-state index in [0.29, 0.717) is 51.9 Å². The number of ether oxygens (including phenoxy) is 1. The first-order valence-electron chi connectivity index (χ1n) is 9.27. The van der Waals surface area contributed by atoms with Crippen LogP contribution in [0.15, 0.2) is 29.3 Å². The van der Waals surface area contributed by atoms with Gasteiger partial charge in [-0.25, -0.2) is 0 Å². The summed E-state index contributed by atoms with van der Waals surface area (Å²) < 4.78 is 44.2. The molecule has 1 aliphatic heterocycles. The summed E-state index contributed by atoms with van der Waals surface area (Å²) in [7, 11) is 1.69. The normalized spacial score (nSPS) is 17.9. The van der Waals surface area contributed by atoms with Crippen LogP contribution in [0.5, 0.6) is 0 Å². The summed E-state index contributed by atoms with van der Waals surface area (Å²) in [5.41, 5.74) is 2.24. The van der Waals surface area contributed by atoms with Crippen LogP contribution in [0.25, 0.3) is 0 Å². The maximum absolute atomic E-state index is 12.9. The van der Waals surface area contributed by atoms with Crippen molar-refractivity contribution in [3.63, 3.8) is 0 Å². The van der Waals surface area contributed by atoms with Crippen molar-refractivity contribution in [1.29, 1.82) is 0 Å². The molecule has 8 heteroatoms. The molecule has 0 aromatic heterocycles. The first-order valence-corrected chi connectivity index (χ1v) is 9.27. The number of benzene rings is 1. The predicted octanol–water partition coefficient (Wildman–Crippen LogP) is 2.87. The van der Waals surface area contributed by atoms with Gasteiger partial charge in [0.15, 0.2) is 5.96 Å². The summed E-state index contributed by atoms with van der Waals surface area (Å²) >= 11 is 0. The molecule has 0 saturated carbocycles. The highest BCUT2D eigenvalue weighted by atomic mass is 19.4. The molecule has 1 N–H and O–H groups in total. The highest BCUT2D eigenvalue weighted by Gasteiger charge is 2.41. The summed E-state index contributed by atoms with van der Waals surface area (Å²) in [6.45, 7) is 6.74. The summed E-state index contributed by atoms with van der Waals surface area (Å²) in [4.78, 5) is 7.77. The second-order valence-corrected chi connectivity index (χ2v) is 6.55. The van der Waals surface area contributed by atoms with Crippen LogP contribution in [-0.2, 0) is 17.9 Å². The molecule has 0 spiro atoms. The van der Waals surface area contributed by atoms with Gasteiger partial charge < -0.3 is 15.0 Å². The second kappa shape index (κ2) is 9.94. The lowest BCUT2D eigenvalue weighted by Crippen LogP contribution is -2.56. The number of halogens is 3. The van der Waals surface area contributed by atoms with Gasteiger partial charge in [-0.3, -0.25) is 9.89 Å². The van der Waals surface area contributed by atoms with Gasteiger partial charge >= 0.3 is 6.18 Å². The number of piperazine rings is 1. The predicted molar refractivity (Wildman–Crippen MR) is 101 cm³/mol. The van der Waals surface area contributed by atoms with Crippen LogP contribution in [-0.4, -0.2) is 67.8 Å². The van der Waals surface area contributed by atoms with Crippen LogP contribution in [0, 0.1) is 0 Å². The van der Waals surface area contributed by atoms with Crippen LogP contribution in [0.2, 0.25) is 0 Å². The van der Waals surface area contributed by atoms with Crippen molar-refractivity contribution in [3.05, 3.63) is 35.4 Å². The second-order valence-electron chi connectivity index (χ2n) is 6.55. The minimum Gasteiger partial charge on any atom is -0.377 e. The Kier molecular flexibility index (Phi) is 7.91. The third kappa shape index (κ3) is 6.10. The van der Waals surface area contributed by atoms with Crippen molar-refractivity contribution in [2.75, 3.05) is 39.8 Å². The summed E-state index contributed by atoms with van der Waals surface area (Å²) in [5.74, 6) is 0.709. The Labute approximate surface area is 159 Å². The Balaban J connectivity index is 1.90. The van der Waals surface area contributed by atoms with E-state index in [-0.39, 0.29) is 0 Å². The van der Waals surface area contributed by atoms with Gasteiger partial charge in [0, 0.05) is 46.4 Å². The number of guanidine groups is 1. The summed E-state index contributed by atoms with van der Waals surface area (Å²) in [6, 6.07) is 6.62. The third-order valence-electron chi connectivity index (χ3n) is 4.86. The minimum atomic E-state index is -4.19. The molecular weight excluding hydrogens is 357 g/mol. The van der Waals surface area contributed by atoms with Crippen LogP contribution >= 0.6 is 0 Å². The van der Waals surface area contributed by atoms with E-state index in [4.69, 9.17) is 4.74 Å². The van der Waals surface area contributed by atoms with Gasteiger partial charge in [0.25, 0.3) is 0 Å². The Morgan fingerprint density at radius 2 is 1.81 bits per heavy atom. The van der Waals surface area contributed by atoms with E-state index in [1.807, 2.05) is 36.1 Å². The average Bonchev–Trinajstić information content (AvgIpc) is 2.66. The molecule has 1 aromatic rings. The average molecular weight is 386 g/mol. The van der Waals surface area contributed by atoms with Crippen LogP contribution < -0.4 is 5.32 Å². The Morgan fingerprint density at radius 1 is 1.19 bits per heavy atom. The molecule has 5 nitrogen and oxygen atoms in total. The fourth-order valence-corrected chi connectivity index (χ4v) is 3.12. The van der Waals surface area contributed by atoms with Gasteiger partial charge in [-0.1, -0.05) is 24.3 Å². The van der Waals surface area contributed by atoms with Crippen LogP contribution in [0.1, 0.15) is 25.0 Å². The van der Waals surface area contributed by atoms with Crippen molar-refractivity contribution < 1.29 is 17.9 Å². The molecule has 1 aromatic carbocycles. The molecule has 1 atom stereocenters. The van der Waals surface area contributed by atoms with Crippen molar-refractivity contribution >= 4 is 5.96 Å². The van der Waals surface area contributed by atoms with E-state index < -0.39 is 12.2 Å². The van der Waals surface area contributed by atoms with Crippen LogP contribution in [0.3, 0.4) is 0 Å². The Hall–Kier alpha value is -1.80. The molecular formula is C19H29F3N4O. The van der Waals surface area contributed by atoms with Gasteiger partial charge in [0.1, 0.15) is 6.04 Å². The van der Waals surface area contributed by atoms with E-state index in [0.717, 1.165) is 11.1 Å². The topological polar surface area (TPSA) is 40.1 Å². The fourth-order valence-electron chi connectivity index (χ4n) is 3.12. The molecule has 1 unspecified atom stereocenters. The SMILES string of the molecule is CCOCc1ccccc1CNC(=NC)N1CCN(C(C)C(F)(F)F)CC1. The van der Waals surface area contributed by atoms with Crippen molar-refractivity contribution in [1.82, 2.24) is 15.1 Å². The lowest BCUT2D eigenvalue weighted by molar-refractivity contribution is -0.181. The minimum absolute atomic E-state index is 0.363. The third-order valence-corrected chi connectivity index (χ3v) is 4.86. The number of rotatable bonds is 6. The molecule has 0 amide bonds. The van der Waals surface area contributed by atoms with Crippen molar-refractivity contribution in [3.8, 4) is 0 Å². The number of nitrogens with zero attached hydrogens (tertiary/aromatic N) is 3. The summed E-state index contributed by atoms with van der Waals surface area (Å²) in [5, 5.41) is 3.33. The van der Waals surface area contributed by atoms with Gasteiger partial charge in [-0.15, -0.1) is 0 Å². The number of aliphatic imine (C=N–C) groups is 1. The van der Waals surface area contributed by atoms with E-state index in [9.17, 15) is 13.2 Å². The van der Waals surface area contributed by atoms with Crippen LogP contribution in [0.4, 0.5) is 13.2 Å². The number of hydrogen-bond donors (Lipinski definition) is 1. The quantitative estimate of drug-likeness (QED) is 0.603. The maximum Gasteiger partial charge on any atom is 0.403 e. The van der Waals surface area contributed by atoms with E-state index in [2.05, 4.69) is 10.3 Å². The van der Waals surface area contributed by atoms with E-state index in [1.54, 1.807) is 7.05 Å². The molecule has 0 radical (unpaired) electrons. The fraction of sp³-hybridized carbons (Fsp3) is 0.632. The largest absolute Gasteiger partial charge is 0.403 e. The Morgan fingerprint density at radius 3 is 2.37 bits per heavy atom. The zero-order valence-corrected chi connectivity index (χ0v) is 16.2. The summed E-state index contributed by atoms with van der Waals surface area (Å²) in [6.07, 6.45) is -4.19. The molecule has 27 heavy (non-hydrogen) atoms. The number of alkyl halides is 3. The molecule has 2 rings (SSSR count). The number of hydrogen-bond acceptors (Lipinski definition) is 3. The highest BCUT2D eigenvalue weighted by molar-refractivity contribution is 5.80. The molecule has 1 fully saturated rings. The lowest BCUT2D eigenvalue weighted by atomic mass is 10.1. The van der Waals surface area contributed by atoms with E-state index in [1.165, 1.54) is 11.8 Å². The van der Waals surface area contributed by atoms with E-state index >= 15 is 0 Å². The number of nitrogens with one attached hydrogen (secondary N) is 1. The molecule has 1 saturated heterocycles. The van der Waals surface area contributed by atoms with Gasteiger partial charge in [0.2, 0.25) is 0 Å². The van der Waals surface area contributed by atoms with Crippen molar-refractivity contribution in [2.45, 2.75) is 39.2 Å². The smallest absolute Gasteiger partial charge is 0.377 e. The molecule has 0 aliphatic carbocycles. The zero-order valence-electron chi connectivity index (χ0n) is 16.2. The zero-order chi connectivity index (χ0) is 19.9. The van der Waals surface area contributed by atoms with Gasteiger partial charge in [-0.2, -0.15) is 13.2 Å². The van der Waals surface area contributed by atoms with Crippen molar-refractivity contribution in [2.24, 2.45) is 4.99 Å². The molecule has 1 aliphatic rings. The standard InChI is InChI=1S/C19H29F3N4O/c1-4-27-14-17-8-6-5-7-16(17)13-24-18(23-3)26-11-9-25(10-12-26)15(2)19(20,21)22/h5-8,15H,4,9-14H2,1-3H3,(H,23,24). The molecule has 152 valence electrons. The lowest BCUT2D eigenvalue weighted by Gasteiger charge is -2.39. The monoisotopic (exact) mass is 386 g/mol. The molecule has 1 heterocycles. The first kappa shape index (κ1) is 21.5. The van der Waals surface area contributed by atoms with Gasteiger partial charge in [0.05, 0.1) is 6.61 Å². The maximum atomic E-state index is 12.9. The van der Waals surface area contributed by atoms with Gasteiger partial charge in [-0.05, 0) is 25.0 Å². The first-order chi connectivity index (χ1) is 12.9.